The average molecular weight is 505 g/mol. The van der Waals surface area contributed by atoms with E-state index in [0.717, 1.165) is 66.7 Å². The van der Waals surface area contributed by atoms with E-state index in [1.807, 2.05) is 24.3 Å². The van der Waals surface area contributed by atoms with Crippen LogP contribution in [0.1, 0.15) is 55.4 Å². The number of aromatic hydroxyl groups is 1. The molecule has 198 valence electrons. The molecule has 0 amide bonds. The first-order chi connectivity index (χ1) is 18.0. The van der Waals surface area contributed by atoms with E-state index in [1.165, 1.54) is 11.1 Å². The summed E-state index contributed by atoms with van der Waals surface area (Å²) in [5.74, 6) is 2.30. The Hall–Kier alpha value is -3.38. The van der Waals surface area contributed by atoms with Gasteiger partial charge in [-0.1, -0.05) is 25.1 Å². The number of methoxy groups -OCH3 is 2. The summed E-state index contributed by atoms with van der Waals surface area (Å²) in [5, 5.41) is 14.4. The second-order valence-electron chi connectivity index (χ2n) is 9.79. The molecule has 0 aliphatic heterocycles. The van der Waals surface area contributed by atoms with E-state index in [0.29, 0.717) is 36.3 Å². The zero-order valence-electron chi connectivity index (χ0n) is 22.5. The topological polar surface area (TPSA) is 86.0 Å². The normalized spacial score (nSPS) is 13.6. The first kappa shape index (κ1) is 26.7. The van der Waals surface area contributed by atoms with Crippen molar-refractivity contribution in [3.63, 3.8) is 0 Å². The van der Waals surface area contributed by atoms with Crippen molar-refractivity contribution in [2.24, 2.45) is 0 Å². The third kappa shape index (κ3) is 5.96. The lowest BCUT2D eigenvalue weighted by atomic mass is 9.84. The van der Waals surface area contributed by atoms with E-state index >= 15 is 0 Å². The van der Waals surface area contributed by atoms with Crippen molar-refractivity contribution in [2.75, 3.05) is 33.1 Å². The molecule has 0 fully saturated rings. The SMILES string of the molecule is CCC(C)NCCOc1ccc(Cc2c(N)c(-c3c(O)ccc4c3CCCC4)cc(OC)c2OC)cc1. The minimum Gasteiger partial charge on any atom is -0.507 e. The van der Waals surface area contributed by atoms with Crippen LogP contribution in [0.25, 0.3) is 11.1 Å². The Morgan fingerprint density at radius 2 is 1.78 bits per heavy atom. The van der Waals surface area contributed by atoms with Gasteiger partial charge >= 0.3 is 0 Å². The molecule has 0 spiro atoms. The minimum absolute atomic E-state index is 0.245. The van der Waals surface area contributed by atoms with E-state index in [1.54, 1.807) is 20.3 Å². The number of fused-ring (bicyclic) bond motifs is 1. The van der Waals surface area contributed by atoms with Crippen LogP contribution in [0.15, 0.2) is 42.5 Å². The van der Waals surface area contributed by atoms with Gasteiger partial charge in [-0.15, -0.1) is 0 Å². The van der Waals surface area contributed by atoms with Crippen LogP contribution < -0.4 is 25.3 Å². The first-order valence-corrected chi connectivity index (χ1v) is 13.3. The number of phenols is 1. The Morgan fingerprint density at radius 1 is 1.03 bits per heavy atom. The van der Waals surface area contributed by atoms with Gasteiger partial charge in [0.15, 0.2) is 11.5 Å². The van der Waals surface area contributed by atoms with Gasteiger partial charge in [0.2, 0.25) is 0 Å². The van der Waals surface area contributed by atoms with Gasteiger partial charge in [0.25, 0.3) is 0 Å². The zero-order valence-corrected chi connectivity index (χ0v) is 22.5. The van der Waals surface area contributed by atoms with Gasteiger partial charge in [-0.05, 0) is 80.0 Å². The number of benzene rings is 3. The smallest absolute Gasteiger partial charge is 0.166 e. The molecule has 1 atom stereocenters. The molecule has 0 aromatic heterocycles. The van der Waals surface area contributed by atoms with Crippen LogP contribution in [0.5, 0.6) is 23.0 Å². The van der Waals surface area contributed by atoms with Gasteiger partial charge in [-0.25, -0.2) is 0 Å². The number of anilines is 1. The number of hydrogen-bond donors (Lipinski definition) is 3. The van der Waals surface area contributed by atoms with E-state index in [2.05, 4.69) is 31.3 Å². The molecule has 6 heteroatoms. The fourth-order valence-corrected chi connectivity index (χ4v) is 5.11. The first-order valence-electron chi connectivity index (χ1n) is 13.3. The molecule has 0 heterocycles. The summed E-state index contributed by atoms with van der Waals surface area (Å²) in [5.41, 5.74) is 13.4. The number of phenolic OH excluding ortho intramolecular Hbond substituents is 1. The number of hydrogen-bond acceptors (Lipinski definition) is 6. The second-order valence-corrected chi connectivity index (χ2v) is 9.79. The molecule has 6 nitrogen and oxygen atoms in total. The fraction of sp³-hybridized carbons (Fsp3) is 0.419. The predicted molar refractivity (Wildman–Crippen MR) is 150 cm³/mol. The van der Waals surface area contributed by atoms with Crippen LogP contribution >= 0.6 is 0 Å². The highest BCUT2D eigenvalue weighted by atomic mass is 16.5. The lowest BCUT2D eigenvalue weighted by Gasteiger charge is -2.24. The molecule has 3 aromatic carbocycles. The molecule has 1 unspecified atom stereocenters. The largest absolute Gasteiger partial charge is 0.507 e. The maximum atomic E-state index is 10.9. The van der Waals surface area contributed by atoms with E-state index in [9.17, 15) is 5.11 Å². The number of nitrogens with two attached hydrogens (primary N) is 1. The number of nitrogens with one attached hydrogen (secondary N) is 1. The monoisotopic (exact) mass is 504 g/mol. The second kappa shape index (κ2) is 12.2. The van der Waals surface area contributed by atoms with Crippen LogP contribution in [-0.2, 0) is 19.3 Å². The van der Waals surface area contributed by atoms with Crippen molar-refractivity contribution < 1.29 is 19.3 Å². The molecule has 1 aliphatic carbocycles. The average Bonchev–Trinajstić information content (AvgIpc) is 2.93. The summed E-state index contributed by atoms with van der Waals surface area (Å²) in [6.45, 7) is 5.77. The lowest BCUT2D eigenvalue weighted by Crippen LogP contribution is -2.29. The summed E-state index contributed by atoms with van der Waals surface area (Å²) < 4.78 is 17.4. The van der Waals surface area contributed by atoms with Crippen LogP contribution in [-0.4, -0.2) is 38.5 Å². The summed E-state index contributed by atoms with van der Waals surface area (Å²) in [4.78, 5) is 0. The van der Waals surface area contributed by atoms with Crippen molar-refractivity contribution in [1.82, 2.24) is 5.32 Å². The maximum absolute atomic E-state index is 10.9. The van der Waals surface area contributed by atoms with Gasteiger partial charge < -0.3 is 30.4 Å². The minimum atomic E-state index is 0.245. The highest BCUT2D eigenvalue weighted by molar-refractivity contribution is 5.88. The lowest BCUT2D eigenvalue weighted by molar-refractivity contribution is 0.306. The fourth-order valence-electron chi connectivity index (χ4n) is 5.11. The molecule has 3 aromatic rings. The van der Waals surface area contributed by atoms with Gasteiger partial charge in [-0.2, -0.15) is 0 Å². The zero-order chi connectivity index (χ0) is 26.4. The molecular formula is C31H40N2O4. The highest BCUT2D eigenvalue weighted by Gasteiger charge is 2.24. The molecule has 1 aliphatic rings. The Kier molecular flexibility index (Phi) is 8.82. The quantitative estimate of drug-likeness (QED) is 0.223. The predicted octanol–water partition coefficient (Wildman–Crippen LogP) is 5.90. The van der Waals surface area contributed by atoms with Crippen molar-refractivity contribution in [2.45, 2.75) is 58.4 Å². The Bertz CT molecular complexity index is 1210. The van der Waals surface area contributed by atoms with Crippen molar-refractivity contribution >= 4 is 5.69 Å². The molecule has 0 radical (unpaired) electrons. The summed E-state index contributed by atoms with van der Waals surface area (Å²) in [6.07, 6.45) is 5.87. The Morgan fingerprint density at radius 3 is 2.49 bits per heavy atom. The van der Waals surface area contributed by atoms with Gasteiger partial charge in [0, 0.05) is 41.4 Å². The molecule has 0 saturated heterocycles. The number of ether oxygens (including phenoxy) is 3. The van der Waals surface area contributed by atoms with Crippen LogP contribution in [0.2, 0.25) is 0 Å². The van der Waals surface area contributed by atoms with Crippen LogP contribution in [0.4, 0.5) is 5.69 Å². The summed E-state index contributed by atoms with van der Waals surface area (Å²) in [6, 6.07) is 14.3. The molecule has 37 heavy (non-hydrogen) atoms. The molecule has 0 bridgehead atoms. The van der Waals surface area contributed by atoms with Crippen molar-refractivity contribution in [3.05, 3.63) is 64.7 Å². The summed E-state index contributed by atoms with van der Waals surface area (Å²) in [7, 11) is 3.26. The number of nitrogen functional groups attached to an aromatic ring is 1. The van der Waals surface area contributed by atoms with Gasteiger partial charge in [0.05, 0.1) is 14.2 Å². The molecule has 4 N–H and O–H groups in total. The third-order valence-electron chi connectivity index (χ3n) is 7.37. The highest BCUT2D eigenvalue weighted by Crippen LogP contribution is 2.47. The molecule has 0 saturated carbocycles. The van der Waals surface area contributed by atoms with E-state index in [4.69, 9.17) is 19.9 Å². The van der Waals surface area contributed by atoms with Gasteiger partial charge in [-0.3, -0.25) is 0 Å². The van der Waals surface area contributed by atoms with Crippen LogP contribution in [0.3, 0.4) is 0 Å². The van der Waals surface area contributed by atoms with E-state index < -0.39 is 0 Å². The molecular weight excluding hydrogens is 464 g/mol. The summed E-state index contributed by atoms with van der Waals surface area (Å²) >= 11 is 0. The Balaban J connectivity index is 1.64. The molecule has 4 rings (SSSR count). The van der Waals surface area contributed by atoms with Crippen molar-refractivity contribution in [1.29, 1.82) is 0 Å². The van der Waals surface area contributed by atoms with Crippen LogP contribution in [0, 0.1) is 0 Å². The van der Waals surface area contributed by atoms with Crippen molar-refractivity contribution in [3.8, 4) is 34.1 Å². The Labute approximate surface area is 220 Å². The third-order valence-corrected chi connectivity index (χ3v) is 7.37. The maximum Gasteiger partial charge on any atom is 0.166 e. The van der Waals surface area contributed by atoms with E-state index in [-0.39, 0.29) is 5.75 Å². The standard InChI is InChI=1S/C31H40N2O4/c1-5-20(2)33-16-17-37-23-13-10-21(11-14-23)18-26-30(32)25(19-28(35-3)31(26)36-4)29-24-9-7-6-8-22(24)12-15-27(29)34/h10-15,19-20,33-34H,5-9,16-18,32H2,1-4H3. The van der Waals surface area contributed by atoms with Gasteiger partial charge in [0.1, 0.15) is 18.1 Å². The number of aryl methyl sites for hydroxylation is 1. The number of rotatable bonds is 11.